The first-order valence-corrected chi connectivity index (χ1v) is 5.43. The van der Waals surface area contributed by atoms with Gasteiger partial charge in [0.2, 0.25) is 5.91 Å². The van der Waals surface area contributed by atoms with Crippen LogP contribution in [0, 0.1) is 0 Å². The topological polar surface area (TPSA) is 102 Å². The highest BCUT2D eigenvalue weighted by atomic mass is 16.6. The normalized spacial score (nSPS) is 41.8. The van der Waals surface area contributed by atoms with Crippen LogP contribution in [0.15, 0.2) is 12.3 Å². The first-order chi connectivity index (χ1) is 8.04. The third-order valence-corrected chi connectivity index (χ3v) is 3.01. The summed E-state index contributed by atoms with van der Waals surface area (Å²) >= 11 is 0. The van der Waals surface area contributed by atoms with Crippen molar-refractivity contribution >= 4 is 5.91 Å². The Labute approximate surface area is 98.3 Å². The van der Waals surface area contributed by atoms with Crippen LogP contribution in [0.25, 0.3) is 0 Å². The molecule has 2 aliphatic heterocycles. The van der Waals surface area contributed by atoms with E-state index in [0.29, 0.717) is 0 Å². The number of hydrogen-bond acceptors (Lipinski definition) is 6. The molecular weight excluding hydrogens is 228 g/mol. The lowest BCUT2D eigenvalue weighted by atomic mass is 10.1. The molecule has 2 aliphatic rings. The largest absolute Gasteiger partial charge is 0.394 e. The number of nitrogens with one attached hydrogen (secondary N) is 1. The predicted octanol–water partition coefficient (Wildman–Crippen LogP) is -2.28. The Morgan fingerprint density at radius 2 is 2.18 bits per heavy atom. The molecule has 0 aliphatic carbocycles. The van der Waals surface area contributed by atoms with Crippen LogP contribution < -0.4 is 5.32 Å². The van der Waals surface area contributed by atoms with E-state index in [4.69, 9.17) is 9.84 Å². The summed E-state index contributed by atoms with van der Waals surface area (Å²) in [4.78, 5) is 12.7. The fraction of sp³-hybridized carbons (Fsp3) is 0.700. The molecule has 0 bridgehead atoms. The van der Waals surface area contributed by atoms with E-state index in [2.05, 4.69) is 5.32 Å². The van der Waals surface area contributed by atoms with Gasteiger partial charge < -0.3 is 30.3 Å². The molecular formula is C10H16N2O5. The Morgan fingerprint density at radius 3 is 2.71 bits per heavy atom. The van der Waals surface area contributed by atoms with Crippen molar-refractivity contribution in [3.63, 3.8) is 0 Å². The quantitative estimate of drug-likeness (QED) is 0.436. The van der Waals surface area contributed by atoms with Crippen LogP contribution in [0.5, 0.6) is 0 Å². The molecule has 0 radical (unpaired) electrons. The molecule has 2 heterocycles. The summed E-state index contributed by atoms with van der Waals surface area (Å²) in [5.41, 5.74) is 0. The molecule has 7 nitrogen and oxygen atoms in total. The third kappa shape index (κ3) is 2.14. The van der Waals surface area contributed by atoms with E-state index in [9.17, 15) is 15.0 Å². The van der Waals surface area contributed by atoms with Gasteiger partial charge in [-0.1, -0.05) is 0 Å². The van der Waals surface area contributed by atoms with Crippen molar-refractivity contribution in [2.24, 2.45) is 0 Å². The average molecular weight is 244 g/mol. The van der Waals surface area contributed by atoms with Gasteiger partial charge in [0.15, 0.2) is 6.23 Å². The molecule has 1 saturated heterocycles. The molecule has 96 valence electrons. The van der Waals surface area contributed by atoms with Gasteiger partial charge in [0, 0.05) is 12.3 Å². The van der Waals surface area contributed by atoms with Crippen molar-refractivity contribution in [3.8, 4) is 0 Å². The minimum absolute atomic E-state index is 0.222. The smallest absolute Gasteiger partial charge is 0.247 e. The summed E-state index contributed by atoms with van der Waals surface area (Å²) in [5.74, 6) is -0.222. The van der Waals surface area contributed by atoms with Gasteiger partial charge in [-0.2, -0.15) is 0 Å². The summed E-state index contributed by atoms with van der Waals surface area (Å²) in [5, 5.41) is 31.1. The molecule has 2 rings (SSSR count). The van der Waals surface area contributed by atoms with Crippen molar-refractivity contribution in [1.29, 1.82) is 0 Å². The highest BCUT2D eigenvalue weighted by Gasteiger charge is 2.46. The minimum Gasteiger partial charge on any atom is -0.394 e. The minimum atomic E-state index is -1.14. The Morgan fingerprint density at radius 1 is 1.47 bits per heavy atom. The van der Waals surface area contributed by atoms with E-state index >= 15 is 0 Å². The fourth-order valence-electron chi connectivity index (χ4n) is 2.04. The van der Waals surface area contributed by atoms with E-state index in [-0.39, 0.29) is 18.7 Å². The number of ether oxygens (including phenoxy) is 1. The van der Waals surface area contributed by atoms with E-state index < -0.39 is 24.5 Å². The van der Waals surface area contributed by atoms with Crippen molar-refractivity contribution in [3.05, 3.63) is 12.3 Å². The lowest BCUT2D eigenvalue weighted by Gasteiger charge is -2.36. The second-order valence-electron chi connectivity index (χ2n) is 4.18. The van der Waals surface area contributed by atoms with Gasteiger partial charge in [0.1, 0.15) is 24.5 Å². The molecule has 17 heavy (non-hydrogen) atoms. The third-order valence-electron chi connectivity index (χ3n) is 3.01. The van der Waals surface area contributed by atoms with E-state index in [1.165, 1.54) is 12.3 Å². The standard InChI is InChI=1S/C10H16N2O5/c1-5-11-7(14)2-3-12(5)10-9(16)8(15)6(4-13)17-10/h2-3,5-6,8-10,13,15-16H,4H2,1H3,(H,11,14)/t5?,6-,8+,9+,10-/m1/s1. The number of aliphatic hydroxyl groups is 3. The van der Waals surface area contributed by atoms with Crippen LogP contribution in [-0.2, 0) is 9.53 Å². The zero-order valence-corrected chi connectivity index (χ0v) is 9.35. The molecule has 1 amide bonds. The maximum absolute atomic E-state index is 11.1. The molecule has 4 N–H and O–H groups in total. The summed E-state index contributed by atoms with van der Waals surface area (Å²) < 4.78 is 5.35. The zero-order valence-electron chi connectivity index (χ0n) is 9.35. The molecule has 0 aromatic heterocycles. The Kier molecular flexibility index (Phi) is 3.34. The number of amides is 1. The number of hydrogen-bond donors (Lipinski definition) is 4. The molecule has 1 unspecified atom stereocenters. The van der Waals surface area contributed by atoms with Crippen LogP contribution in [0.1, 0.15) is 6.92 Å². The van der Waals surface area contributed by atoms with E-state index in [1.807, 2.05) is 0 Å². The first-order valence-electron chi connectivity index (χ1n) is 5.43. The van der Waals surface area contributed by atoms with Crippen LogP contribution in [-0.4, -0.2) is 63.4 Å². The van der Waals surface area contributed by atoms with E-state index in [0.717, 1.165) is 0 Å². The van der Waals surface area contributed by atoms with Gasteiger partial charge in [0.25, 0.3) is 0 Å². The molecule has 0 spiro atoms. The maximum atomic E-state index is 11.1. The second-order valence-corrected chi connectivity index (χ2v) is 4.18. The summed E-state index contributed by atoms with van der Waals surface area (Å²) in [7, 11) is 0. The Bertz CT molecular complexity index is 335. The number of nitrogens with zero attached hydrogens (tertiary/aromatic N) is 1. The SMILES string of the molecule is CC1NC(=O)C=CN1[C@@H]1O[C@H](CO)[C@H](O)[C@@H]1O. The number of carbonyl (C=O) groups is 1. The maximum Gasteiger partial charge on any atom is 0.247 e. The van der Waals surface area contributed by atoms with Gasteiger partial charge in [-0.3, -0.25) is 4.79 Å². The zero-order chi connectivity index (χ0) is 12.6. The molecule has 0 saturated carbocycles. The Balaban J connectivity index is 2.13. The van der Waals surface area contributed by atoms with Crippen molar-refractivity contribution in [2.45, 2.75) is 37.6 Å². The monoisotopic (exact) mass is 244 g/mol. The van der Waals surface area contributed by atoms with E-state index in [1.54, 1.807) is 11.8 Å². The summed E-state index contributed by atoms with van der Waals surface area (Å²) in [6.07, 6.45) is -1.39. The van der Waals surface area contributed by atoms with Crippen molar-refractivity contribution in [2.75, 3.05) is 6.61 Å². The Hall–Kier alpha value is -1.15. The first kappa shape index (κ1) is 12.3. The number of rotatable bonds is 2. The van der Waals surface area contributed by atoms with Gasteiger partial charge >= 0.3 is 0 Å². The lowest BCUT2D eigenvalue weighted by Crippen LogP contribution is -2.54. The second kappa shape index (κ2) is 4.61. The molecule has 5 atom stereocenters. The summed E-state index contributed by atoms with van der Waals surface area (Å²) in [6, 6.07) is 0. The number of aliphatic hydroxyl groups excluding tert-OH is 3. The molecule has 0 aromatic carbocycles. The van der Waals surface area contributed by atoms with Crippen molar-refractivity contribution < 1.29 is 24.9 Å². The summed E-state index contributed by atoms with van der Waals surface area (Å²) in [6.45, 7) is 1.36. The van der Waals surface area contributed by atoms with Crippen LogP contribution in [0.2, 0.25) is 0 Å². The van der Waals surface area contributed by atoms with Gasteiger partial charge in [-0.25, -0.2) is 0 Å². The molecule has 0 aromatic rings. The van der Waals surface area contributed by atoms with Crippen LogP contribution >= 0.6 is 0 Å². The lowest BCUT2D eigenvalue weighted by molar-refractivity contribution is -0.125. The molecule has 7 heteroatoms. The molecule has 1 fully saturated rings. The van der Waals surface area contributed by atoms with Gasteiger partial charge in [0.05, 0.1) is 6.61 Å². The highest BCUT2D eigenvalue weighted by molar-refractivity contribution is 5.88. The average Bonchev–Trinajstić information content (AvgIpc) is 2.57. The van der Waals surface area contributed by atoms with Gasteiger partial charge in [-0.15, -0.1) is 0 Å². The fourth-order valence-corrected chi connectivity index (χ4v) is 2.04. The van der Waals surface area contributed by atoms with Crippen LogP contribution in [0.3, 0.4) is 0 Å². The van der Waals surface area contributed by atoms with Crippen LogP contribution in [0.4, 0.5) is 0 Å². The predicted molar refractivity (Wildman–Crippen MR) is 56.3 cm³/mol. The number of carbonyl (C=O) groups excluding carboxylic acids is 1. The highest BCUT2D eigenvalue weighted by Crippen LogP contribution is 2.26. The van der Waals surface area contributed by atoms with Crippen molar-refractivity contribution in [1.82, 2.24) is 10.2 Å². The van der Waals surface area contributed by atoms with Gasteiger partial charge in [-0.05, 0) is 6.92 Å².